The Morgan fingerprint density at radius 3 is 2.33 bits per heavy atom. The smallest absolute Gasteiger partial charge is 0.0572 e. The standard InChI is InChI=1S/C8H16O2.C2H6/c1-2-8-4-3-7(5-9)6-10-8;1-2/h7-9H,2-6H2,1H3;1-2H3. The maximum atomic E-state index is 8.77. The van der Waals surface area contributed by atoms with Crippen molar-refractivity contribution in [2.75, 3.05) is 13.2 Å². The lowest BCUT2D eigenvalue weighted by Crippen LogP contribution is -2.27. The van der Waals surface area contributed by atoms with E-state index in [0.717, 1.165) is 25.9 Å². The molecular formula is C10H22O2. The van der Waals surface area contributed by atoms with Gasteiger partial charge in [-0.25, -0.2) is 0 Å². The van der Waals surface area contributed by atoms with E-state index in [1.165, 1.54) is 0 Å². The molecule has 0 saturated carbocycles. The Hall–Kier alpha value is -0.0800. The summed E-state index contributed by atoms with van der Waals surface area (Å²) in [7, 11) is 0. The third-order valence-corrected chi connectivity index (χ3v) is 2.18. The van der Waals surface area contributed by atoms with Crippen LogP contribution in [0, 0.1) is 5.92 Å². The molecule has 1 aliphatic rings. The van der Waals surface area contributed by atoms with Crippen molar-refractivity contribution in [3.63, 3.8) is 0 Å². The molecule has 12 heavy (non-hydrogen) atoms. The number of rotatable bonds is 2. The molecule has 74 valence electrons. The van der Waals surface area contributed by atoms with E-state index in [1.54, 1.807) is 0 Å². The van der Waals surface area contributed by atoms with Gasteiger partial charge in [-0.2, -0.15) is 0 Å². The minimum Gasteiger partial charge on any atom is -0.396 e. The second kappa shape index (κ2) is 7.56. The molecule has 0 spiro atoms. The van der Waals surface area contributed by atoms with E-state index in [0.29, 0.717) is 12.0 Å². The predicted molar refractivity (Wildman–Crippen MR) is 51.2 cm³/mol. The van der Waals surface area contributed by atoms with Crippen molar-refractivity contribution in [1.82, 2.24) is 0 Å². The Morgan fingerprint density at radius 1 is 1.33 bits per heavy atom. The number of aliphatic hydroxyl groups excluding tert-OH is 1. The van der Waals surface area contributed by atoms with E-state index in [-0.39, 0.29) is 6.61 Å². The molecule has 1 aliphatic heterocycles. The highest BCUT2D eigenvalue weighted by Crippen LogP contribution is 2.19. The zero-order valence-electron chi connectivity index (χ0n) is 8.55. The minimum absolute atomic E-state index is 0.288. The number of hydrogen-bond donors (Lipinski definition) is 1. The zero-order chi connectivity index (χ0) is 9.40. The van der Waals surface area contributed by atoms with Gasteiger partial charge in [0.05, 0.1) is 12.7 Å². The van der Waals surface area contributed by atoms with E-state index < -0.39 is 0 Å². The van der Waals surface area contributed by atoms with Crippen LogP contribution < -0.4 is 0 Å². The molecule has 2 atom stereocenters. The first kappa shape index (κ1) is 11.9. The van der Waals surface area contributed by atoms with Crippen molar-refractivity contribution in [2.45, 2.75) is 46.1 Å². The van der Waals surface area contributed by atoms with Gasteiger partial charge >= 0.3 is 0 Å². The third-order valence-electron chi connectivity index (χ3n) is 2.18. The lowest BCUT2D eigenvalue weighted by molar-refractivity contribution is -0.0310. The fourth-order valence-corrected chi connectivity index (χ4v) is 1.33. The number of aliphatic hydroxyl groups is 1. The van der Waals surface area contributed by atoms with Crippen LogP contribution in [0.3, 0.4) is 0 Å². The molecule has 0 amide bonds. The van der Waals surface area contributed by atoms with Crippen molar-refractivity contribution >= 4 is 0 Å². The molecule has 1 fully saturated rings. The maximum absolute atomic E-state index is 8.77. The average molecular weight is 174 g/mol. The first-order chi connectivity index (χ1) is 5.86. The fraction of sp³-hybridized carbons (Fsp3) is 1.00. The van der Waals surface area contributed by atoms with Crippen LogP contribution >= 0.6 is 0 Å². The van der Waals surface area contributed by atoms with Gasteiger partial charge in [-0.05, 0) is 19.3 Å². The van der Waals surface area contributed by atoms with Gasteiger partial charge in [0.25, 0.3) is 0 Å². The molecule has 0 aromatic heterocycles. The first-order valence-corrected chi connectivity index (χ1v) is 5.09. The molecule has 0 aromatic carbocycles. The first-order valence-electron chi connectivity index (χ1n) is 5.09. The van der Waals surface area contributed by atoms with Crippen LogP contribution in [0.5, 0.6) is 0 Å². The Kier molecular flexibility index (Phi) is 7.51. The van der Waals surface area contributed by atoms with E-state index >= 15 is 0 Å². The van der Waals surface area contributed by atoms with Crippen LogP contribution in [0.2, 0.25) is 0 Å². The topological polar surface area (TPSA) is 29.5 Å². The molecule has 1 N–H and O–H groups in total. The quantitative estimate of drug-likeness (QED) is 0.695. The lowest BCUT2D eigenvalue weighted by atomic mass is 9.98. The van der Waals surface area contributed by atoms with E-state index in [4.69, 9.17) is 9.84 Å². The molecule has 2 nitrogen and oxygen atoms in total. The van der Waals surface area contributed by atoms with Gasteiger partial charge < -0.3 is 9.84 Å². The second-order valence-electron chi connectivity index (χ2n) is 2.99. The Labute approximate surface area is 75.9 Å². The molecule has 2 unspecified atom stereocenters. The third kappa shape index (κ3) is 4.07. The van der Waals surface area contributed by atoms with E-state index in [1.807, 2.05) is 13.8 Å². The monoisotopic (exact) mass is 174 g/mol. The summed E-state index contributed by atoms with van der Waals surface area (Å²) in [5, 5.41) is 8.77. The van der Waals surface area contributed by atoms with Crippen LogP contribution in [0.1, 0.15) is 40.0 Å². The summed E-state index contributed by atoms with van der Waals surface area (Å²) < 4.78 is 5.47. The van der Waals surface area contributed by atoms with E-state index in [9.17, 15) is 0 Å². The Balaban J connectivity index is 0.000000561. The zero-order valence-corrected chi connectivity index (χ0v) is 8.55. The van der Waals surface area contributed by atoms with Crippen LogP contribution in [0.4, 0.5) is 0 Å². The van der Waals surface area contributed by atoms with Gasteiger partial charge in [0.15, 0.2) is 0 Å². The van der Waals surface area contributed by atoms with Gasteiger partial charge in [0.1, 0.15) is 0 Å². The van der Waals surface area contributed by atoms with Crippen LogP contribution in [-0.4, -0.2) is 24.4 Å². The van der Waals surface area contributed by atoms with E-state index in [2.05, 4.69) is 6.92 Å². The van der Waals surface area contributed by atoms with Crippen molar-refractivity contribution in [2.24, 2.45) is 5.92 Å². The number of ether oxygens (including phenoxy) is 1. The molecule has 0 aliphatic carbocycles. The molecule has 1 saturated heterocycles. The van der Waals surface area contributed by atoms with Gasteiger partial charge in [0, 0.05) is 12.5 Å². The Bertz CT molecular complexity index is 73.8. The van der Waals surface area contributed by atoms with Crippen molar-refractivity contribution in [3.05, 3.63) is 0 Å². The van der Waals surface area contributed by atoms with Gasteiger partial charge in [-0.15, -0.1) is 0 Å². The predicted octanol–water partition coefficient (Wildman–Crippen LogP) is 2.21. The normalized spacial score (nSPS) is 29.0. The fourth-order valence-electron chi connectivity index (χ4n) is 1.33. The molecule has 0 bridgehead atoms. The number of hydrogen-bond acceptors (Lipinski definition) is 2. The van der Waals surface area contributed by atoms with Gasteiger partial charge in [-0.1, -0.05) is 20.8 Å². The largest absolute Gasteiger partial charge is 0.396 e. The van der Waals surface area contributed by atoms with Crippen molar-refractivity contribution < 1.29 is 9.84 Å². The minimum atomic E-state index is 0.288. The summed E-state index contributed by atoms with van der Waals surface area (Å²) >= 11 is 0. The van der Waals surface area contributed by atoms with Gasteiger partial charge in [-0.3, -0.25) is 0 Å². The highest BCUT2D eigenvalue weighted by molar-refractivity contribution is 4.68. The van der Waals surface area contributed by atoms with Crippen LogP contribution in [0.25, 0.3) is 0 Å². The summed E-state index contributed by atoms with van der Waals surface area (Å²) in [6.07, 6.45) is 3.83. The second-order valence-corrected chi connectivity index (χ2v) is 2.99. The molecule has 0 aromatic rings. The highest BCUT2D eigenvalue weighted by Gasteiger charge is 2.18. The highest BCUT2D eigenvalue weighted by atomic mass is 16.5. The van der Waals surface area contributed by atoms with Crippen molar-refractivity contribution in [1.29, 1.82) is 0 Å². The molecule has 1 heterocycles. The average Bonchev–Trinajstić information content (AvgIpc) is 2.21. The van der Waals surface area contributed by atoms with Crippen LogP contribution in [0.15, 0.2) is 0 Å². The molecule has 1 rings (SSSR count). The lowest BCUT2D eigenvalue weighted by Gasteiger charge is -2.26. The van der Waals surface area contributed by atoms with Crippen LogP contribution in [-0.2, 0) is 4.74 Å². The summed E-state index contributed by atoms with van der Waals surface area (Å²) in [6, 6.07) is 0. The summed E-state index contributed by atoms with van der Waals surface area (Å²) in [5.74, 6) is 0.405. The van der Waals surface area contributed by atoms with Gasteiger partial charge in [0.2, 0.25) is 0 Å². The summed E-state index contributed by atoms with van der Waals surface area (Å²) in [6.45, 7) is 7.19. The molecule has 0 radical (unpaired) electrons. The molecule has 2 heteroatoms. The summed E-state index contributed by atoms with van der Waals surface area (Å²) in [5.41, 5.74) is 0. The van der Waals surface area contributed by atoms with Crippen molar-refractivity contribution in [3.8, 4) is 0 Å². The molecular weight excluding hydrogens is 152 g/mol. The SMILES string of the molecule is CC.CCC1CCC(CO)CO1. The maximum Gasteiger partial charge on any atom is 0.0572 e. The summed E-state index contributed by atoms with van der Waals surface area (Å²) in [4.78, 5) is 0. The Morgan fingerprint density at radius 2 is 2.00 bits per heavy atom.